The summed E-state index contributed by atoms with van der Waals surface area (Å²) < 4.78 is 46.4. The SMILES string of the molecule is CC12CN(CCCO)C[C@@](C)(O1)C1C(=O)N(c3ccc(C#N)c(C(F)(F)F)c3)C(=O)C12. The summed E-state index contributed by atoms with van der Waals surface area (Å²) >= 11 is 0. The predicted octanol–water partition coefficient (Wildman–Crippen LogP) is 1.93. The van der Waals surface area contributed by atoms with Gasteiger partial charge in [-0.1, -0.05) is 0 Å². The molecule has 3 saturated heterocycles. The number of imide groups is 1. The molecule has 4 rings (SSSR count). The molecule has 7 nitrogen and oxygen atoms in total. The van der Waals surface area contributed by atoms with Crippen molar-refractivity contribution in [3.05, 3.63) is 29.3 Å². The monoisotopic (exact) mass is 437 g/mol. The Labute approximate surface area is 177 Å². The third-order valence-corrected chi connectivity index (χ3v) is 6.48. The fourth-order valence-corrected chi connectivity index (χ4v) is 5.47. The number of anilines is 1. The van der Waals surface area contributed by atoms with Crippen LogP contribution in [0.4, 0.5) is 18.9 Å². The van der Waals surface area contributed by atoms with Gasteiger partial charge in [-0.25, -0.2) is 4.90 Å². The second-order valence-corrected chi connectivity index (χ2v) is 8.82. The lowest BCUT2D eigenvalue weighted by Crippen LogP contribution is -2.58. The molecule has 31 heavy (non-hydrogen) atoms. The first-order valence-corrected chi connectivity index (χ1v) is 9.98. The zero-order valence-corrected chi connectivity index (χ0v) is 17.1. The van der Waals surface area contributed by atoms with Gasteiger partial charge in [0.2, 0.25) is 11.8 Å². The van der Waals surface area contributed by atoms with Crippen molar-refractivity contribution in [1.82, 2.24) is 4.90 Å². The number of nitrogens with zero attached hydrogens (tertiary/aromatic N) is 3. The van der Waals surface area contributed by atoms with Gasteiger partial charge in [0.25, 0.3) is 0 Å². The van der Waals surface area contributed by atoms with Gasteiger partial charge in [-0.2, -0.15) is 18.4 Å². The Morgan fingerprint density at radius 3 is 2.26 bits per heavy atom. The van der Waals surface area contributed by atoms with E-state index in [4.69, 9.17) is 15.1 Å². The number of rotatable bonds is 4. The number of nitriles is 1. The maximum Gasteiger partial charge on any atom is 0.417 e. The highest BCUT2D eigenvalue weighted by molar-refractivity contribution is 6.23. The minimum Gasteiger partial charge on any atom is -0.396 e. The van der Waals surface area contributed by atoms with Crippen LogP contribution in [0.5, 0.6) is 0 Å². The first-order valence-electron chi connectivity index (χ1n) is 9.98. The first kappa shape index (κ1) is 21.7. The molecule has 3 heterocycles. The highest BCUT2D eigenvalue weighted by Gasteiger charge is 2.71. The molecular formula is C21H22F3N3O4. The Morgan fingerprint density at radius 2 is 1.77 bits per heavy atom. The molecule has 2 amide bonds. The standard InChI is InChI=1S/C21H22F3N3O4/c1-19-10-26(6-3-7-28)11-20(2,31-19)16-15(19)17(29)27(18(16)30)13-5-4-12(9-25)14(8-13)21(22,23)24/h4-5,8,15-16,28H,3,6-7,10-11H2,1-2H3/t15?,16?,19-,20?/m1/s1. The summed E-state index contributed by atoms with van der Waals surface area (Å²) in [7, 11) is 0. The number of amides is 2. The van der Waals surface area contributed by atoms with Crippen LogP contribution in [-0.2, 0) is 20.5 Å². The van der Waals surface area contributed by atoms with Gasteiger partial charge in [0.05, 0.1) is 45.9 Å². The minimum absolute atomic E-state index is 0.0174. The number of ether oxygens (including phenoxy) is 1. The molecule has 166 valence electrons. The molecule has 0 aromatic heterocycles. The van der Waals surface area contributed by atoms with Gasteiger partial charge in [-0.3, -0.25) is 14.5 Å². The zero-order valence-electron chi connectivity index (χ0n) is 17.1. The number of benzene rings is 1. The van der Waals surface area contributed by atoms with Gasteiger partial charge < -0.3 is 9.84 Å². The number of morpholine rings is 1. The van der Waals surface area contributed by atoms with Gasteiger partial charge in [0.1, 0.15) is 0 Å². The lowest BCUT2D eigenvalue weighted by atomic mass is 9.79. The van der Waals surface area contributed by atoms with Crippen molar-refractivity contribution in [2.24, 2.45) is 11.8 Å². The number of aliphatic hydroxyl groups excluding tert-OH is 1. The number of carbonyl (C=O) groups excluding carboxylic acids is 2. The van der Waals surface area contributed by atoms with Crippen LogP contribution in [0.2, 0.25) is 0 Å². The molecule has 0 spiro atoms. The van der Waals surface area contributed by atoms with Gasteiger partial charge in [0.15, 0.2) is 0 Å². The lowest BCUT2D eigenvalue weighted by Gasteiger charge is -2.45. The van der Waals surface area contributed by atoms with Crippen molar-refractivity contribution >= 4 is 17.5 Å². The molecule has 1 aromatic carbocycles. The number of alkyl halides is 3. The first-order chi connectivity index (χ1) is 14.4. The molecule has 0 radical (unpaired) electrons. The van der Waals surface area contributed by atoms with E-state index in [9.17, 15) is 22.8 Å². The summed E-state index contributed by atoms with van der Waals surface area (Å²) in [4.78, 5) is 29.6. The zero-order chi connectivity index (χ0) is 22.8. The Kier molecular flexibility index (Phi) is 4.92. The van der Waals surface area contributed by atoms with E-state index in [1.54, 1.807) is 13.8 Å². The van der Waals surface area contributed by atoms with Crippen molar-refractivity contribution in [3.63, 3.8) is 0 Å². The van der Waals surface area contributed by atoms with E-state index < -0.39 is 52.2 Å². The van der Waals surface area contributed by atoms with Crippen LogP contribution >= 0.6 is 0 Å². The number of carbonyl (C=O) groups is 2. The van der Waals surface area contributed by atoms with Crippen LogP contribution in [0.15, 0.2) is 18.2 Å². The minimum atomic E-state index is -4.80. The predicted molar refractivity (Wildman–Crippen MR) is 102 cm³/mol. The molecule has 1 aromatic rings. The molecule has 4 atom stereocenters. The third kappa shape index (κ3) is 3.23. The second-order valence-electron chi connectivity index (χ2n) is 8.82. The van der Waals surface area contributed by atoms with Crippen LogP contribution < -0.4 is 4.90 Å². The molecule has 3 unspecified atom stereocenters. The molecule has 2 bridgehead atoms. The van der Waals surface area contributed by atoms with Gasteiger partial charge in [-0.05, 0) is 38.5 Å². The van der Waals surface area contributed by atoms with Crippen LogP contribution in [-0.4, -0.2) is 59.3 Å². The molecular weight excluding hydrogens is 415 g/mol. The van der Waals surface area contributed by atoms with E-state index in [0.29, 0.717) is 32.1 Å². The normalized spacial score (nSPS) is 33.0. The van der Waals surface area contributed by atoms with Gasteiger partial charge in [0, 0.05) is 26.2 Å². The Morgan fingerprint density at radius 1 is 1.19 bits per heavy atom. The summed E-state index contributed by atoms with van der Waals surface area (Å²) in [6, 6.07) is 4.35. The Hall–Kier alpha value is -2.48. The van der Waals surface area contributed by atoms with E-state index >= 15 is 0 Å². The highest BCUT2D eigenvalue weighted by atomic mass is 19.4. The van der Waals surface area contributed by atoms with Crippen LogP contribution in [0.25, 0.3) is 0 Å². The maximum absolute atomic E-state index is 13.4. The van der Waals surface area contributed by atoms with Crippen molar-refractivity contribution in [2.45, 2.75) is 37.6 Å². The van der Waals surface area contributed by atoms with E-state index in [1.165, 1.54) is 12.1 Å². The van der Waals surface area contributed by atoms with E-state index in [2.05, 4.69) is 0 Å². The van der Waals surface area contributed by atoms with Gasteiger partial charge >= 0.3 is 6.18 Å². The van der Waals surface area contributed by atoms with Crippen LogP contribution in [0.1, 0.15) is 31.4 Å². The topological polar surface area (TPSA) is 93.9 Å². The number of hydrogen-bond donors (Lipinski definition) is 1. The number of likely N-dealkylation sites (tertiary alicyclic amines) is 1. The summed E-state index contributed by atoms with van der Waals surface area (Å²) in [5.74, 6) is -2.84. The van der Waals surface area contributed by atoms with Crippen LogP contribution in [0.3, 0.4) is 0 Å². The quantitative estimate of drug-likeness (QED) is 0.724. The fraction of sp³-hybridized carbons (Fsp3) is 0.571. The molecule has 3 aliphatic heterocycles. The average Bonchev–Trinajstić information content (AvgIpc) is 3.05. The highest BCUT2D eigenvalue weighted by Crippen LogP contribution is 2.55. The van der Waals surface area contributed by atoms with E-state index in [-0.39, 0.29) is 12.3 Å². The third-order valence-electron chi connectivity index (χ3n) is 6.48. The van der Waals surface area contributed by atoms with Crippen molar-refractivity contribution in [2.75, 3.05) is 31.1 Å². The second kappa shape index (κ2) is 7.02. The molecule has 3 aliphatic rings. The number of aliphatic hydroxyl groups is 1. The molecule has 0 saturated carbocycles. The van der Waals surface area contributed by atoms with Crippen molar-refractivity contribution in [3.8, 4) is 6.07 Å². The fourth-order valence-electron chi connectivity index (χ4n) is 5.47. The Bertz CT molecular complexity index is 955. The molecule has 3 fully saturated rings. The smallest absolute Gasteiger partial charge is 0.396 e. The van der Waals surface area contributed by atoms with Gasteiger partial charge in [-0.15, -0.1) is 0 Å². The van der Waals surface area contributed by atoms with E-state index in [0.717, 1.165) is 11.0 Å². The average molecular weight is 437 g/mol. The number of hydrogen-bond acceptors (Lipinski definition) is 6. The van der Waals surface area contributed by atoms with Crippen molar-refractivity contribution < 1.29 is 32.6 Å². The van der Waals surface area contributed by atoms with Crippen LogP contribution in [0, 0.1) is 23.2 Å². The molecule has 1 N–H and O–H groups in total. The largest absolute Gasteiger partial charge is 0.417 e. The maximum atomic E-state index is 13.4. The number of halogens is 3. The summed E-state index contributed by atoms with van der Waals surface area (Å²) in [5, 5.41) is 18.1. The molecule has 0 aliphatic carbocycles. The number of fused-ring (bicyclic) bond motifs is 5. The lowest BCUT2D eigenvalue weighted by molar-refractivity contribution is -0.169. The summed E-state index contributed by atoms with van der Waals surface area (Å²) in [6.07, 6.45) is -4.26. The summed E-state index contributed by atoms with van der Waals surface area (Å²) in [5.41, 5.74) is -3.91. The molecule has 10 heteroatoms. The summed E-state index contributed by atoms with van der Waals surface area (Å²) in [6.45, 7) is 4.84. The Balaban J connectivity index is 1.72. The van der Waals surface area contributed by atoms with E-state index in [1.807, 2.05) is 4.90 Å². The van der Waals surface area contributed by atoms with Crippen molar-refractivity contribution in [1.29, 1.82) is 5.26 Å².